The van der Waals surface area contributed by atoms with Gasteiger partial charge < -0.3 is 10.2 Å². The number of thiophene rings is 2. The molecule has 0 bridgehead atoms. The van der Waals surface area contributed by atoms with Crippen LogP contribution in [0.2, 0.25) is 0 Å². The van der Waals surface area contributed by atoms with Crippen molar-refractivity contribution < 1.29 is 4.79 Å². The lowest BCUT2D eigenvalue weighted by molar-refractivity contribution is 0.204. The molecule has 102 valence electrons. The first-order valence-corrected chi connectivity index (χ1v) is 7.97. The van der Waals surface area contributed by atoms with Gasteiger partial charge in [0, 0.05) is 11.9 Å². The Bertz CT molecular complexity index is 533. The van der Waals surface area contributed by atoms with Crippen LogP contribution < -0.4 is 5.32 Å². The van der Waals surface area contributed by atoms with Gasteiger partial charge >= 0.3 is 6.03 Å². The van der Waals surface area contributed by atoms with Crippen LogP contribution in [0.1, 0.15) is 29.0 Å². The Balaban J connectivity index is 1.91. The average molecular weight is 294 g/mol. The first-order chi connectivity index (χ1) is 9.08. The molecule has 1 atom stereocenters. The smallest absolute Gasteiger partial charge is 0.317 e. The van der Waals surface area contributed by atoms with Crippen molar-refractivity contribution in [3.63, 3.8) is 0 Å². The van der Waals surface area contributed by atoms with E-state index in [2.05, 4.69) is 29.1 Å². The zero-order valence-electron chi connectivity index (χ0n) is 11.3. The topological polar surface area (TPSA) is 32.3 Å². The third-order valence-electron chi connectivity index (χ3n) is 3.08. The number of carbonyl (C=O) groups excluding carboxylic acids is 1. The van der Waals surface area contributed by atoms with Crippen LogP contribution in [0.3, 0.4) is 0 Å². The van der Waals surface area contributed by atoms with Crippen LogP contribution in [-0.4, -0.2) is 18.0 Å². The average Bonchev–Trinajstić information content (AvgIpc) is 3.01. The minimum Gasteiger partial charge on any atom is -0.331 e. The van der Waals surface area contributed by atoms with Crippen LogP contribution in [0.25, 0.3) is 0 Å². The summed E-state index contributed by atoms with van der Waals surface area (Å²) in [6.07, 6.45) is 0. The van der Waals surface area contributed by atoms with E-state index in [9.17, 15) is 4.79 Å². The predicted octanol–water partition coefficient (Wildman–Crippen LogP) is 4.02. The molecular weight excluding hydrogens is 276 g/mol. The van der Waals surface area contributed by atoms with Gasteiger partial charge in [-0.3, -0.25) is 0 Å². The van der Waals surface area contributed by atoms with Crippen molar-refractivity contribution >= 4 is 28.7 Å². The van der Waals surface area contributed by atoms with Gasteiger partial charge in [-0.05, 0) is 53.2 Å². The zero-order chi connectivity index (χ0) is 13.8. The molecule has 0 spiro atoms. The third kappa shape index (κ3) is 3.58. The summed E-state index contributed by atoms with van der Waals surface area (Å²) in [4.78, 5) is 15.1. The summed E-state index contributed by atoms with van der Waals surface area (Å²) < 4.78 is 0. The van der Waals surface area contributed by atoms with Crippen molar-refractivity contribution in [1.29, 1.82) is 0 Å². The molecular formula is C14H18N2OS2. The normalized spacial score (nSPS) is 12.2. The Kier molecular flexibility index (Phi) is 4.61. The Morgan fingerprint density at radius 3 is 2.79 bits per heavy atom. The summed E-state index contributed by atoms with van der Waals surface area (Å²) in [5.41, 5.74) is 2.40. The molecule has 5 heteroatoms. The molecule has 2 rings (SSSR count). The molecule has 3 nitrogen and oxygen atoms in total. The maximum Gasteiger partial charge on any atom is 0.317 e. The molecule has 2 aromatic rings. The Morgan fingerprint density at radius 1 is 1.42 bits per heavy atom. The van der Waals surface area contributed by atoms with Crippen LogP contribution >= 0.6 is 22.7 Å². The lowest BCUT2D eigenvalue weighted by Gasteiger charge is -2.21. The lowest BCUT2D eigenvalue weighted by Crippen LogP contribution is -2.38. The second kappa shape index (κ2) is 6.21. The first kappa shape index (κ1) is 14.1. The molecule has 2 amide bonds. The number of nitrogens with one attached hydrogen (secondary N) is 1. The minimum absolute atomic E-state index is 0.0356. The van der Waals surface area contributed by atoms with Gasteiger partial charge in [-0.15, -0.1) is 11.3 Å². The van der Waals surface area contributed by atoms with E-state index < -0.39 is 0 Å². The Hall–Kier alpha value is -1.33. The van der Waals surface area contributed by atoms with Gasteiger partial charge in [-0.25, -0.2) is 4.79 Å². The largest absolute Gasteiger partial charge is 0.331 e. The molecule has 0 aliphatic carbocycles. The number of carbonyl (C=O) groups is 1. The van der Waals surface area contributed by atoms with E-state index in [1.165, 1.54) is 10.4 Å². The highest BCUT2D eigenvalue weighted by atomic mass is 32.1. The predicted molar refractivity (Wildman–Crippen MR) is 81.8 cm³/mol. The van der Waals surface area contributed by atoms with E-state index in [-0.39, 0.29) is 12.1 Å². The molecule has 0 aromatic carbocycles. The quantitative estimate of drug-likeness (QED) is 0.907. The van der Waals surface area contributed by atoms with Crippen molar-refractivity contribution in [3.05, 3.63) is 44.3 Å². The van der Waals surface area contributed by atoms with E-state index in [4.69, 9.17) is 0 Å². The molecule has 0 aliphatic heterocycles. The van der Waals surface area contributed by atoms with Crippen molar-refractivity contribution in [3.8, 4) is 0 Å². The second-order valence-electron chi connectivity index (χ2n) is 4.61. The minimum atomic E-state index is -0.0356. The molecule has 1 N–H and O–H groups in total. The number of amides is 2. The highest BCUT2D eigenvalue weighted by molar-refractivity contribution is 7.10. The van der Waals surface area contributed by atoms with Crippen molar-refractivity contribution in [2.24, 2.45) is 0 Å². The van der Waals surface area contributed by atoms with Crippen molar-refractivity contribution in [2.45, 2.75) is 26.4 Å². The van der Waals surface area contributed by atoms with Crippen LogP contribution in [0.4, 0.5) is 4.79 Å². The van der Waals surface area contributed by atoms with Gasteiger partial charge in [0.1, 0.15) is 0 Å². The Morgan fingerprint density at radius 2 is 2.21 bits per heavy atom. The highest BCUT2D eigenvalue weighted by Gasteiger charge is 2.14. The molecule has 2 aromatic heterocycles. The SMILES string of the molecule is Cc1ccsc1CN(C)C(=O)NC(C)c1ccsc1. The van der Waals surface area contributed by atoms with Gasteiger partial charge in [0.05, 0.1) is 12.6 Å². The van der Waals surface area contributed by atoms with E-state index in [0.717, 1.165) is 5.56 Å². The second-order valence-corrected chi connectivity index (χ2v) is 6.39. The van der Waals surface area contributed by atoms with Crippen LogP contribution in [0.15, 0.2) is 28.3 Å². The fraction of sp³-hybridized carbons (Fsp3) is 0.357. The van der Waals surface area contributed by atoms with Crippen molar-refractivity contribution in [2.75, 3.05) is 7.05 Å². The molecule has 0 radical (unpaired) electrons. The number of urea groups is 1. The number of aryl methyl sites for hydroxylation is 1. The van der Waals surface area contributed by atoms with Crippen LogP contribution in [0.5, 0.6) is 0 Å². The standard InChI is InChI=1S/C14H18N2OS2/c1-10-4-7-19-13(10)8-16(3)14(17)15-11(2)12-5-6-18-9-12/h4-7,9,11H,8H2,1-3H3,(H,15,17). The van der Waals surface area contributed by atoms with Crippen LogP contribution in [0, 0.1) is 6.92 Å². The summed E-state index contributed by atoms with van der Waals surface area (Å²) in [5.74, 6) is 0. The summed E-state index contributed by atoms with van der Waals surface area (Å²) in [7, 11) is 1.83. The number of rotatable bonds is 4. The van der Waals surface area contributed by atoms with E-state index in [1.807, 2.05) is 25.4 Å². The fourth-order valence-electron chi connectivity index (χ4n) is 1.75. The van der Waals surface area contributed by atoms with Gasteiger partial charge in [0.2, 0.25) is 0 Å². The van der Waals surface area contributed by atoms with Gasteiger partial charge in [-0.2, -0.15) is 11.3 Å². The molecule has 0 fully saturated rings. The summed E-state index contributed by atoms with van der Waals surface area (Å²) >= 11 is 3.34. The van der Waals surface area contributed by atoms with Gasteiger partial charge in [-0.1, -0.05) is 0 Å². The summed E-state index contributed by atoms with van der Waals surface area (Å²) in [5, 5.41) is 9.16. The molecule has 2 heterocycles. The summed E-state index contributed by atoms with van der Waals surface area (Å²) in [6.45, 7) is 4.74. The number of nitrogens with zero attached hydrogens (tertiary/aromatic N) is 1. The number of hydrogen-bond donors (Lipinski definition) is 1. The van der Waals surface area contributed by atoms with E-state index >= 15 is 0 Å². The lowest BCUT2D eigenvalue weighted by atomic mass is 10.2. The van der Waals surface area contributed by atoms with Crippen LogP contribution in [-0.2, 0) is 6.54 Å². The Labute approximate surface area is 121 Å². The maximum absolute atomic E-state index is 12.1. The number of hydrogen-bond acceptors (Lipinski definition) is 3. The maximum atomic E-state index is 12.1. The van der Waals surface area contributed by atoms with Gasteiger partial charge in [0.15, 0.2) is 0 Å². The molecule has 19 heavy (non-hydrogen) atoms. The van der Waals surface area contributed by atoms with E-state index in [1.54, 1.807) is 27.6 Å². The van der Waals surface area contributed by atoms with E-state index in [0.29, 0.717) is 6.54 Å². The molecule has 0 saturated carbocycles. The molecule has 0 aliphatic rings. The summed E-state index contributed by atoms with van der Waals surface area (Å²) in [6, 6.07) is 4.14. The van der Waals surface area contributed by atoms with Gasteiger partial charge in [0.25, 0.3) is 0 Å². The third-order valence-corrected chi connectivity index (χ3v) is 4.79. The fourth-order valence-corrected chi connectivity index (χ4v) is 3.47. The monoisotopic (exact) mass is 294 g/mol. The highest BCUT2D eigenvalue weighted by Crippen LogP contribution is 2.18. The zero-order valence-corrected chi connectivity index (χ0v) is 13.0. The molecule has 1 unspecified atom stereocenters. The van der Waals surface area contributed by atoms with Crippen molar-refractivity contribution in [1.82, 2.24) is 10.2 Å². The molecule has 0 saturated heterocycles. The first-order valence-electron chi connectivity index (χ1n) is 6.14.